The number of likely N-dealkylation sites (tertiary alicyclic amines) is 1. The smallest absolute Gasteiger partial charge is 0.264 e. The SMILES string of the molecule is O=C(c1ccc(NS(=O)(=O)c2cccc3cccnc23)cc1)N1CC(O)(CC2CC2)C1. The van der Waals surface area contributed by atoms with Crippen LogP contribution in [-0.4, -0.2) is 48.0 Å². The number of β-amino-alcohol motifs (C(OH)–C–C–N with tert-alkyl or cyclic N) is 1. The molecule has 2 aromatic carbocycles. The number of aromatic nitrogens is 1. The third-order valence-corrected chi connectivity index (χ3v) is 7.31. The van der Waals surface area contributed by atoms with Crippen molar-refractivity contribution in [3.63, 3.8) is 0 Å². The van der Waals surface area contributed by atoms with Gasteiger partial charge >= 0.3 is 0 Å². The number of hydrogen-bond donors (Lipinski definition) is 2. The number of fused-ring (bicyclic) bond motifs is 1. The number of benzene rings is 2. The zero-order valence-electron chi connectivity index (χ0n) is 16.9. The summed E-state index contributed by atoms with van der Waals surface area (Å²) >= 11 is 0. The van der Waals surface area contributed by atoms with Crippen molar-refractivity contribution >= 4 is 32.5 Å². The Labute approximate surface area is 180 Å². The van der Waals surface area contributed by atoms with Gasteiger partial charge in [0.2, 0.25) is 0 Å². The van der Waals surface area contributed by atoms with Gasteiger partial charge in [0.25, 0.3) is 15.9 Å². The first kappa shape index (κ1) is 20.0. The highest BCUT2D eigenvalue weighted by molar-refractivity contribution is 7.93. The highest BCUT2D eigenvalue weighted by Crippen LogP contribution is 2.40. The monoisotopic (exact) mass is 437 g/mol. The average Bonchev–Trinajstić information content (AvgIpc) is 3.55. The lowest BCUT2D eigenvalue weighted by molar-refractivity contribution is -0.0889. The lowest BCUT2D eigenvalue weighted by atomic mass is 9.87. The second-order valence-electron chi connectivity index (χ2n) is 8.55. The summed E-state index contributed by atoms with van der Waals surface area (Å²) in [4.78, 5) is 18.6. The third-order valence-electron chi connectivity index (χ3n) is 5.89. The van der Waals surface area contributed by atoms with Crippen molar-refractivity contribution in [3.8, 4) is 0 Å². The molecule has 1 saturated carbocycles. The fraction of sp³-hybridized carbons (Fsp3) is 0.304. The van der Waals surface area contributed by atoms with Crippen LogP contribution in [0, 0.1) is 5.92 Å². The molecule has 1 aromatic heterocycles. The molecule has 0 spiro atoms. The highest BCUT2D eigenvalue weighted by Gasteiger charge is 2.46. The second kappa shape index (κ2) is 7.32. The summed E-state index contributed by atoms with van der Waals surface area (Å²) in [6.07, 6.45) is 4.66. The quantitative estimate of drug-likeness (QED) is 0.618. The Hall–Kier alpha value is -2.97. The van der Waals surface area contributed by atoms with Crippen molar-refractivity contribution < 1.29 is 18.3 Å². The summed E-state index contributed by atoms with van der Waals surface area (Å²) in [5.74, 6) is 0.444. The molecule has 8 heteroatoms. The number of hydrogen-bond acceptors (Lipinski definition) is 5. The van der Waals surface area contributed by atoms with Crippen LogP contribution in [0.15, 0.2) is 65.7 Å². The van der Waals surface area contributed by atoms with Crippen LogP contribution in [-0.2, 0) is 10.0 Å². The molecule has 2 heterocycles. The lowest BCUT2D eigenvalue weighted by Gasteiger charge is -2.46. The van der Waals surface area contributed by atoms with Crippen LogP contribution in [0.1, 0.15) is 29.6 Å². The number of para-hydroxylation sites is 1. The minimum absolute atomic E-state index is 0.0984. The van der Waals surface area contributed by atoms with E-state index in [1.807, 2.05) is 12.1 Å². The van der Waals surface area contributed by atoms with E-state index in [4.69, 9.17) is 0 Å². The number of carbonyl (C=O) groups excluding carboxylic acids is 1. The summed E-state index contributed by atoms with van der Waals surface area (Å²) in [7, 11) is -3.84. The number of carbonyl (C=O) groups is 1. The molecule has 3 aromatic rings. The molecule has 0 atom stereocenters. The molecule has 31 heavy (non-hydrogen) atoms. The maximum absolute atomic E-state index is 12.9. The van der Waals surface area contributed by atoms with E-state index in [1.165, 1.54) is 18.9 Å². The van der Waals surface area contributed by atoms with Crippen LogP contribution in [0.5, 0.6) is 0 Å². The van der Waals surface area contributed by atoms with Crippen LogP contribution in [0.4, 0.5) is 5.69 Å². The van der Waals surface area contributed by atoms with Gasteiger partial charge < -0.3 is 10.0 Å². The minimum Gasteiger partial charge on any atom is -0.386 e. The molecular weight excluding hydrogens is 414 g/mol. The highest BCUT2D eigenvalue weighted by atomic mass is 32.2. The van der Waals surface area contributed by atoms with E-state index in [2.05, 4.69) is 9.71 Å². The molecule has 2 aliphatic rings. The van der Waals surface area contributed by atoms with E-state index < -0.39 is 15.6 Å². The van der Waals surface area contributed by atoms with Gasteiger partial charge in [0.1, 0.15) is 4.90 Å². The number of aliphatic hydroxyl groups is 1. The van der Waals surface area contributed by atoms with Gasteiger partial charge in [-0.25, -0.2) is 8.42 Å². The fourth-order valence-corrected chi connectivity index (χ4v) is 5.40. The number of amides is 1. The Bertz CT molecular complexity index is 1240. The van der Waals surface area contributed by atoms with Crippen molar-refractivity contribution in [1.82, 2.24) is 9.88 Å². The van der Waals surface area contributed by atoms with E-state index in [0.29, 0.717) is 35.8 Å². The summed E-state index contributed by atoms with van der Waals surface area (Å²) in [6, 6.07) is 14.9. The molecule has 160 valence electrons. The summed E-state index contributed by atoms with van der Waals surface area (Å²) < 4.78 is 28.4. The molecule has 1 aliphatic carbocycles. The Morgan fingerprint density at radius 1 is 1.10 bits per heavy atom. The summed E-state index contributed by atoms with van der Waals surface area (Å²) in [6.45, 7) is 0.704. The van der Waals surface area contributed by atoms with Crippen molar-refractivity contribution in [2.75, 3.05) is 17.8 Å². The molecule has 1 aliphatic heterocycles. The molecular formula is C23H23N3O4S. The van der Waals surface area contributed by atoms with Gasteiger partial charge in [0.05, 0.1) is 24.2 Å². The number of sulfonamides is 1. The Morgan fingerprint density at radius 3 is 2.52 bits per heavy atom. The molecule has 0 bridgehead atoms. The fourth-order valence-electron chi connectivity index (χ4n) is 4.16. The molecule has 0 radical (unpaired) electrons. The van der Waals surface area contributed by atoms with Gasteiger partial charge in [-0.3, -0.25) is 14.5 Å². The number of rotatable bonds is 6. The zero-order chi connectivity index (χ0) is 21.6. The van der Waals surface area contributed by atoms with Gasteiger partial charge in [0, 0.05) is 22.8 Å². The van der Waals surface area contributed by atoms with Crippen LogP contribution in [0.25, 0.3) is 10.9 Å². The molecule has 2 fully saturated rings. The predicted octanol–water partition coefficient (Wildman–Crippen LogP) is 3.02. The third kappa shape index (κ3) is 4.00. The topological polar surface area (TPSA) is 99.6 Å². The van der Waals surface area contributed by atoms with E-state index in [9.17, 15) is 18.3 Å². The van der Waals surface area contributed by atoms with E-state index in [0.717, 1.165) is 11.8 Å². The maximum atomic E-state index is 12.9. The molecule has 5 rings (SSSR count). The zero-order valence-corrected chi connectivity index (χ0v) is 17.7. The molecule has 2 N–H and O–H groups in total. The lowest BCUT2D eigenvalue weighted by Crippen LogP contribution is -2.63. The number of nitrogens with one attached hydrogen (secondary N) is 1. The minimum atomic E-state index is -3.84. The van der Waals surface area contributed by atoms with Crippen LogP contribution in [0.3, 0.4) is 0 Å². The number of anilines is 1. The Balaban J connectivity index is 1.28. The number of pyridine rings is 1. The molecule has 1 amide bonds. The van der Waals surface area contributed by atoms with Crippen molar-refractivity contribution in [2.24, 2.45) is 5.92 Å². The second-order valence-corrected chi connectivity index (χ2v) is 10.2. The molecule has 1 saturated heterocycles. The van der Waals surface area contributed by atoms with Crippen LogP contribution >= 0.6 is 0 Å². The Morgan fingerprint density at radius 2 is 1.81 bits per heavy atom. The first-order valence-electron chi connectivity index (χ1n) is 10.3. The molecule has 7 nitrogen and oxygen atoms in total. The summed E-state index contributed by atoms with van der Waals surface area (Å²) in [5.41, 5.74) is 0.473. The van der Waals surface area contributed by atoms with Crippen molar-refractivity contribution in [2.45, 2.75) is 29.8 Å². The van der Waals surface area contributed by atoms with E-state index in [1.54, 1.807) is 47.5 Å². The van der Waals surface area contributed by atoms with Crippen molar-refractivity contribution in [3.05, 3.63) is 66.4 Å². The first-order valence-corrected chi connectivity index (χ1v) is 11.8. The van der Waals surface area contributed by atoms with Crippen LogP contribution in [0.2, 0.25) is 0 Å². The normalized spacial score (nSPS) is 17.9. The largest absolute Gasteiger partial charge is 0.386 e. The standard InChI is InChI=1S/C23H23N3O4S/c27-22(26-14-23(28,15-26)13-16-6-7-16)18-8-10-19(11-9-18)25-31(29,30)20-5-1-3-17-4-2-12-24-21(17)20/h1-5,8-12,16,25,28H,6-7,13-15H2. The predicted molar refractivity (Wildman–Crippen MR) is 117 cm³/mol. The van der Waals surface area contributed by atoms with Gasteiger partial charge in [0.15, 0.2) is 0 Å². The maximum Gasteiger partial charge on any atom is 0.264 e. The van der Waals surface area contributed by atoms with Gasteiger partial charge in [-0.15, -0.1) is 0 Å². The molecule has 0 unspecified atom stereocenters. The van der Waals surface area contributed by atoms with Crippen molar-refractivity contribution in [1.29, 1.82) is 0 Å². The summed E-state index contributed by atoms with van der Waals surface area (Å²) in [5, 5.41) is 11.2. The van der Waals surface area contributed by atoms with E-state index in [-0.39, 0.29) is 10.8 Å². The van der Waals surface area contributed by atoms with Gasteiger partial charge in [-0.1, -0.05) is 31.0 Å². The van der Waals surface area contributed by atoms with Crippen LogP contribution < -0.4 is 4.72 Å². The first-order chi connectivity index (χ1) is 14.8. The Kier molecular flexibility index (Phi) is 4.71. The van der Waals surface area contributed by atoms with E-state index >= 15 is 0 Å². The van der Waals surface area contributed by atoms with Gasteiger partial charge in [-0.2, -0.15) is 0 Å². The van der Waals surface area contributed by atoms with Gasteiger partial charge in [-0.05, 0) is 48.7 Å². The average molecular weight is 438 g/mol. The number of nitrogens with zero attached hydrogens (tertiary/aromatic N) is 2.